The minimum Gasteiger partial charge on any atom is -0.493 e. The fraction of sp³-hybridized carbons (Fsp3) is 0.222. The highest BCUT2D eigenvalue weighted by Crippen LogP contribution is 2.39. The molecule has 0 bridgehead atoms. The van der Waals surface area contributed by atoms with Gasteiger partial charge in [0.1, 0.15) is 17.1 Å². The lowest BCUT2D eigenvalue weighted by molar-refractivity contribution is 0.245. The van der Waals surface area contributed by atoms with Gasteiger partial charge in [0.2, 0.25) is 5.96 Å². The van der Waals surface area contributed by atoms with Crippen LogP contribution in [0.15, 0.2) is 17.2 Å². The van der Waals surface area contributed by atoms with E-state index in [0.29, 0.717) is 34.0 Å². The number of hydrazone groups is 1. The Morgan fingerprint density at radius 1 is 1.31 bits per heavy atom. The third kappa shape index (κ3) is 1.12. The Labute approximate surface area is 90.8 Å². The molecule has 2 aliphatic rings. The highest BCUT2D eigenvalue weighted by atomic mass is 16.5. The van der Waals surface area contributed by atoms with Crippen LogP contribution in [0.1, 0.15) is 5.56 Å². The van der Waals surface area contributed by atoms with E-state index in [9.17, 15) is 10.4 Å². The first-order chi connectivity index (χ1) is 7.66. The molecule has 2 heterocycles. The molecule has 0 saturated heterocycles. The number of fused-ring (bicyclic) bond motifs is 2. The molecule has 16 heavy (non-hydrogen) atoms. The zero-order chi connectivity index (χ0) is 11.3. The maximum atomic E-state index is 9.66. The molecule has 0 unspecified atom stereocenters. The average molecular weight is 222 g/mol. The predicted octanol–water partition coefficient (Wildman–Crippen LogP) is 0.256. The second kappa shape index (κ2) is 3.00. The highest BCUT2D eigenvalue weighted by Gasteiger charge is 2.26. The van der Waals surface area contributed by atoms with Gasteiger partial charge in [0.15, 0.2) is 0 Å². The Balaban J connectivity index is 2.17. The molecule has 4 N–H and O–H groups in total. The van der Waals surface area contributed by atoms with Gasteiger partial charge in [-0.25, -0.2) is 0 Å². The Hall–Kier alpha value is -1.99. The molecule has 2 aliphatic heterocycles. The number of guanidine groups is 1. The summed E-state index contributed by atoms with van der Waals surface area (Å²) < 4.78 is 5.36. The number of anilines is 2. The largest absolute Gasteiger partial charge is 0.493 e. The summed E-state index contributed by atoms with van der Waals surface area (Å²) in [4.78, 5) is 0. The number of hydrogen-bond acceptors (Lipinski definition) is 7. The topological polar surface area (TPSA) is 94.5 Å². The Kier molecular flexibility index (Phi) is 1.73. The van der Waals surface area contributed by atoms with E-state index in [-0.39, 0.29) is 5.96 Å². The number of rotatable bonds is 0. The molecule has 0 aromatic heterocycles. The molecule has 0 aliphatic carbocycles. The van der Waals surface area contributed by atoms with Gasteiger partial charge in [-0.2, -0.15) is 5.06 Å². The summed E-state index contributed by atoms with van der Waals surface area (Å²) in [5.41, 5.74) is 7.11. The van der Waals surface area contributed by atoms with Gasteiger partial charge >= 0.3 is 0 Å². The van der Waals surface area contributed by atoms with Crippen LogP contribution in [0.4, 0.5) is 11.4 Å². The normalized spacial score (nSPS) is 17.8. The summed E-state index contributed by atoms with van der Waals surface area (Å²) in [6, 6.07) is 3.35. The van der Waals surface area contributed by atoms with Crippen LogP contribution >= 0.6 is 0 Å². The van der Waals surface area contributed by atoms with Crippen LogP contribution in [0.25, 0.3) is 0 Å². The number of ether oxygens (including phenoxy) is 1. The first kappa shape index (κ1) is 9.25. The van der Waals surface area contributed by atoms with Gasteiger partial charge in [-0.3, -0.25) is 10.4 Å². The smallest absolute Gasteiger partial charge is 0.245 e. The van der Waals surface area contributed by atoms with Crippen LogP contribution < -0.4 is 20.7 Å². The van der Waals surface area contributed by atoms with Crippen LogP contribution in [0.5, 0.6) is 5.75 Å². The minimum atomic E-state index is -0.201. The molecule has 1 aromatic rings. The first-order valence-electron chi connectivity index (χ1n) is 4.78. The SMILES string of the molecule is NC1=NN(O)c2cc3c(cc2N1O)OCC3. The average Bonchev–Trinajstić information content (AvgIpc) is 2.71. The summed E-state index contributed by atoms with van der Waals surface area (Å²) >= 11 is 0. The molecule has 7 heteroatoms. The Morgan fingerprint density at radius 2 is 2.12 bits per heavy atom. The van der Waals surface area contributed by atoms with Gasteiger partial charge in [-0.15, -0.1) is 10.3 Å². The van der Waals surface area contributed by atoms with E-state index in [2.05, 4.69) is 5.10 Å². The van der Waals surface area contributed by atoms with Crippen LogP contribution in [-0.4, -0.2) is 23.0 Å². The van der Waals surface area contributed by atoms with Gasteiger partial charge in [-0.1, -0.05) is 0 Å². The van der Waals surface area contributed by atoms with Gasteiger partial charge in [-0.05, 0) is 11.6 Å². The van der Waals surface area contributed by atoms with Crippen molar-refractivity contribution in [3.8, 4) is 5.75 Å². The lowest BCUT2D eigenvalue weighted by Gasteiger charge is -2.27. The molecule has 7 nitrogen and oxygen atoms in total. The van der Waals surface area contributed by atoms with Crippen LogP contribution in [-0.2, 0) is 6.42 Å². The van der Waals surface area contributed by atoms with E-state index in [4.69, 9.17) is 10.5 Å². The second-order valence-electron chi connectivity index (χ2n) is 3.61. The van der Waals surface area contributed by atoms with Crippen molar-refractivity contribution in [1.82, 2.24) is 0 Å². The van der Waals surface area contributed by atoms with E-state index >= 15 is 0 Å². The predicted molar refractivity (Wildman–Crippen MR) is 55.8 cm³/mol. The summed E-state index contributed by atoms with van der Waals surface area (Å²) in [7, 11) is 0. The maximum Gasteiger partial charge on any atom is 0.245 e. The van der Waals surface area contributed by atoms with Gasteiger partial charge < -0.3 is 10.5 Å². The monoisotopic (exact) mass is 222 g/mol. The molecule has 0 radical (unpaired) electrons. The Bertz CT molecular complexity index is 488. The van der Waals surface area contributed by atoms with Crippen LogP contribution in [0, 0.1) is 0 Å². The van der Waals surface area contributed by atoms with E-state index in [1.165, 1.54) is 0 Å². The Morgan fingerprint density at radius 3 is 2.94 bits per heavy atom. The lowest BCUT2D eigenvalue weighted by Crippen LogP contribution is -2.40. The van der Waals surface area contributed by atoms with Crippen LogP contribution in [0.3, 0.4) is 0 Å². The van der Waals surface area contributed by atoms with Crippen molar-refractivity contribution in [1.29, 1.82) is 0 Å². The maximum absolute atomic E-state index is 9.66. The van der Waals surface area contributed by atoms with Crippen molar-refractivity contribution in [2.24, 2.45) is 10.8 Å². The standard InChI is InChI=1S/C9H10N4O3/c10-9-11-13(15)7-3-5-1-2-16-8(5)4-6(7)12(9)14/h3-4,14-15H,1-2H2,(H2,10,11). The molecule has 0 atom stereocenters. The third-order valence-electron chi connectivity index (χ3n) is 2.64. The molecule has 1 aromatic carbocycles. The lowest BCUT2D eigenvalue weighted by atomic mass is 10.1. The van der Waals surface area contributed by atoms with Gasteiger partial charge in [0.05, 0.1) is 6.61 Å². The van der Waals surface area contributed by atoms with Gasteiger partial charge in [0.25, 0.3) is 0 Å². The molecule has 0 amide bonds. The zero-order valence-electron chi connectivity index (χ0n) is 8.29. The number of benzene rings is 1. The summed E-state index contributed by atoms with van der Waals surface area (Å²) in [6.07, 6.45) is 0.779. The third-order valence-corrected chi connectivity index (χ3v) is 2.64. The fourth-order valence-corrected chi connectivity index (χ4v) is 1.85. The zero-order valence-corrected chi connectivity index (χ0v) is 8.29. The van der Waals surface area contributed by atoms with E-state index in [1.54, 1.807) is 12.1 Å². The number of nitrogens with zero attached hydrogens (tertiary/aromatic N) is 3. The molecule has 84 valence electrons. The van der Waals surface area contributed by atoms with Crippen molar-refractivity contribution < 1.29 is 15.2 Å². The van der Waals surface area contributed by atoms with Gasteiger partial charge in [0, 0.05) is 12.5 Å². The molecular formula is C9H10N4O3. The van der Waals surface area contributed by atoms with E-state index in [0.717, 1.165) is 12.0 Å². The molecule has 0 saturated carbocycles. The molecular weight excluding hydrogens is 212 g/mol. The second-order valence-corrected chi connectivity index (χ2v) is 3.61. The number of hydrogen-bond donors (Lipinski definition) is 3. The number of hydroxylamine groups is 1. The van der Waals surface area contributed by atoms with Crippen molar-refractivity contribution in [2.45, 2.75) is 6.42 Å². The van der Waals surface area contributed by atoms with Crippen molar-refractivity contribution in [3.63, 3.8) is 0 Å². The van der Waals surface area contributed by atoms with E-state index in [1.807, 2.05) is 0 Å². The molecule has 0 fully saturated rings. The summed E-state index contributed by atoms with van der Waals surface area (Å²) in [6.45, 7) is 0.603. The quantitative estimate of drug-likeness (QED) is 0.582. The summed E-state index contributed by atoms with van der Waals surface area (Å²) in [5.74, 6) is 0.494. The minimum absolute atomic E-state index is 0.201. The highest BCUT2D eigenvalue weighted by molar-refractivity contribution is 5.99. The molecule has 3 rings (SSSR count). The number of nitrogens with two attached hydrogens (primary N) is 1. The van der Waals surface area contributed by atoms with Crippen molar-refractivity contribution >= 4 is 17.3 Å². The molecule has 0 spiro atoms. The van der Waals surface area contributed by atoms with Crippen LogP contribution in [0.2, 0.25) is 0 Å². The van der Waals surface area contributed by atoms with Crippen molar-refractivity contribution in [2.75, 3.05) is 16.8 Å². The fourth-order valence-electron chi connectivity index (χ4n) is 1.85. The summed E-state index contributed by atoms with van der Waals surface area (Å²) in [5, 5.41) is 24.1. The van der Waals surface area contributed by atoms with E-state index < -0.39 is 0 Å². The first-order valence-corrected chi connectivity index (χ1v) is 4.78. The van der Waals surface area contributed by atoms with Crippen molar-refractivity contribution in [3.05, 3.63) is 17.7 Å².